The molecule has 3 aromatic rings. The minimum absolute atomic E-state index is 0.0177. The predicted octanol–water partition coefficient (Wildman–Crippen LogP) is 9.46. The number of benzene rings is 3. The number of rotatable bonds is 9. The monoisotopic (exact) mass is 552 g/mol. The minimum atomic E-state index is -2.71. The van der Waals surface area contributed by atoms with Crippen molar-refractivity contribution in [3.8, 4) is 16.9 Å². The van der Waals surface area contributed by atoms with Gasteiger partial charge in [0.2, 0.25) is 0 Å². The van der Waals surface area contributed by atoms with Crippen LogP contribution in [-0.4, -0.2) is 11.1 Å². The molecular formula is C33H32F4O3. The van der Waals surface area contributed by atoms with Gasteiger partial charge in [0.1, 0.15) is 12.4 Å². The molecule has 1 atom stereocenters. The number of alkyl halides is 2. The molecule has 7 heteroatoms. The van der Waals surface area contributed by atoms with Gasteiger partial charge in [-0.05, 0) is 77.5 Å². The van der Waals surface area contributed by atoms with Crippen molar-refractivity contribution < 1.29 is 32.2 Å². The molecule has 0 radical (unpaired) electrons. The average Bonchev–Trinajstić information content (AvgIpc) is 3.69. The van der Waals surface area contributed by atoms with Crippen LogP contribution in [0.5, 0.6) is 5.75 Å². The first-order valence-electron chi connectivity index (χ1n) is 13.6. The first kappa shape index (κ1) is 27.9. The van der Waals surface area contributed by atoms with E-state index in [1.807, 2.05) is 6.07 Å². The Balaban J connectivity index is 1.48. The Morgan fingerprint density at radius 1 is 1.05 bits per heavy atom. The molecule has 2 saturated carbocycles. The largest absolute Gasteiger partial charge is 0.486 e. The maximum Gasteiger partial charge on any atom is 0.307 e. The maximum absolute atomic E-state index is 15.5. The van der Waals surface area contributed by atoms with Crippen LogP contribution in [0.4, 0.5) is 17.6 Å². The van der Waals surface area contributed by atoms with Crippen LogP contribution in [0.1, 0.15) is 87.0 Å². The van der Waals surface area contributed by atoms with E-state index in [0.29, 0.717) is 11.1 Å². The third-order valence-electron chi connectivity index (χ3n) is 8.22. The van der Waals surface area contributed by atoms with E-state index in [0.717, 1.165) is 60.9 Å². The third kappa shape index (κ3) is 5.79. The van der Waals surface area contributed by atoms with Crippen molar-refractivity contribution in [3.05, 3.63) is 94.1 Å². The molecule has 0 unspecified atom stereocenters. The van der Waals surface area contributed by atoms with Gasteiger partial charge in [-0.3, -0.25) is 4.79 Å². The van der Waals surface area contributed by atoms with E-state index >= 15 is 4.39 Å². The number of hydrogen-bond acceptors (Lipinski definition) is 2. The lowest BCUT2D eigenvalue weighted by Gasteiger charge is -2.30. The second-order valence-corrected chi connectivity index (χ2v) is 11.5. The van der Waals surface area contributed by atoms with Crippen LogP contribution in [0.15, 0.2) is 60.2 Å². The Bertz CT molecular complexity index is 1470. The molecule has 0 amide bonds. The fourth-order valence-corrected chi connectivity index (χ4v) is 5.97. The molecule has 0 saturated heterocycles. The predicted molar refractivity (Wildman–Crippen MR) is 146 cm³/mol. The highest BCUT2D eigenvalue weighted by molar-refractivity contribution is 5.87. The van der Waals surface area contributed by atoms with Gasteiger partial charge in [0.25, 0.3) is 6.43 Å². The van der Waals surface area contributed by atoms with E-state index in [1.54, 1.807) is 24.3 Å². The Morgan fingerprint density at radius 3 is 2.48 bits per heavy atom. The van der Waals surface area contributed by atoms with Gasteiger partial charge in [0.05, 0.1) is 6.42 Å². The SMILES string of the molecule is CC1(C)CCC[C@H]1c1cc(COc2cccc(C(CC(=O)O)=C3CC3)c2F)ccc1-c1cc(C(F)F)ccc1F. The van der Waals surface area contributed by atoms with Crippen LogP contribution in [0.25, 0.3) is 16.7 Å². The van der Waals surface area contributed by atoms with Crippen molar-refractivity contribution in [3.63, 3.8) is 0 Å². The van der Waals surface area contributed by atoms with Gasteiger partial charge in [-0.25, -0.2) is 17.6 Å². The van der Waals surface area contributed by atoms with Crippen molar-refractivity contribution in [2.75, 3.05) is 0 Å². The standard InChI is InChI=1S/C33H32F4O3/c1-33(2)14-4-6-27(33)25-15-19(8-12-22(25)26-16-21(32(36)37)11-13-28(26)34)18-40-29-7-3-5-23(31(29)35)24(17-30(38)39)20-9-10-20/h3,5,7-8,11-13,15-16,27,32H,4,6,9-10,14,17-18H2,1-2H3,(H,38,39)/t27-/m0/s1. The van der Waals surface area contributed by atoms with E-state index in [1.165, 1.54) is 12.1 Å². The molecule has 40 heavy (non-hydrogen) atoms. The average molecular weight is 553 g/mol. The highest BCUT2D eigenvalue weighted by atomic mass is 19.3. The van der Waals surface area contributed by atoms with E-state index in [2.05, 4.69) is 13.8 Å². The summed E-state index contributed by atoms with van der Waals surface area (Å²) >= 11 is 0. The fourth-order valence-electron chi connectivity index (χ4n) is 5.97. The van der Waals surface area contributed by atoms with Gasteiger partial charge in [0.15, 0.2) is 11.6 Å². The highest BCUT2D eigenvalue weighted by Gasteiger charge is 2.37. The second-order valence-electron chi connectivity index (χ2n) is 11.5. The van der Waals surface area contributed by atoms with Crippen molar-refractivity contribution in [2.45, 2.75) is 71.3 Å². The van der Waals surface area contributed by atoms with Crippen LogP contribution in [0.2, 0.25) is 0 Å². The van der Waals surface area contributed by atoms with Gasteiger partial charge < -0.3 is 9.84 Å². The van der Waals surface area contributed by atoms with Gasteiger partial charge in [-0.2, -0.15) is 0 Å². The highest BCUT2D eigenvalue weighted by Crippen LogP contribution is 2.51. The molecule has 0 bridgehead atoms. The lowest BCUT2D eigenvalue weighted by molar-refractivity contribution is -0.135. The van der Waals surface area contributed by atoms with Crippen LogP contribution in [-0.2, 0) is 11.4 Å². The van der Waals surface area contributed by atoms with E-state index in [4.69, 9.17) is 4.74 Å². The molecule has 0 heterocycles. The summed E-state index contributed by atoms with van der Waals surface area (Å²) in [6, 6.07) is 13.6. The topological polar surface area (TPSA) is 46.5 Å². The molecule has 210 valence electrons. The molecule has 5 rings (SSSR count). The molecule has 0 aliphatic heterocycles. The molecule has 3 aromatic carbocycles. The van der Waals surface area contributed by atoms with Gasteiger partial charge >= 0.3 is 5.97 Å². The number of carbonyl (C=O) groups is 1. The quantitative estimate of drug-likeness (QED) is 0.269. The molecular weight excluding hydrogens is 520 g/mol. The van der Waals surface area contributed by atoms with Crippen LogP contribution >= 0.6 is 0 Å². The van der Waals surface area contributed by atoms with Gasteiger partial charge in [-0.15, -0.1) is 0 Å². The van der Waals surface area contributed by atoms with Crippen molar-refractivity contribution in [1.82, 2.24) is 0 Å². The van der Waals surface area contributed by atoms with Crippen molar-refractivity contribution in [2.24, 2.45) is 5.41 Å². The number of aliphatic carboxylic acids is 1. The molecule has 3 nitrogen and oxygen atoms in total. The number of carboxylic acid groups (broad SMARTS) is 1. The van der Waals surface area contributed by atoms with E-state index in [-0.39, 0.29) is 46.8 Å². The second kappa shape index (κ2) is 11.1. The number of ether oxygens (including phenoxy) is 1. The minimum Gasteiger partial charge on any atom is -0.486 e. The number of hydrogen-bond donors (Lipinski definition) is 1. The zero-order valence-corrected chi connectivity index (χ0v) is 22.6. The summed E-state index contributed by atoms with van der Waals surface area (Å²) in [7, 11) is 0. The summed E-state index contributed by atoms with van der Waals surface area (Å²) in [4.78, 5) is 11.4. The Kier molecular flexibility index (Phi) is 7.76. The summed E-state index contributed by atoms with van der Waals surface area (Å²) in [5.41, 5.74) is 3.70. The van der Waals surface area contributed by atoms with Crippen LogP contribution in [0, 0.1) is 17.0 Å². The first-order chi connectivity index (χ1) is 19.0. The Morgan fingerprint density at radius 2 is 1.82 bits per heavy atom. The normalized spacial score (nSPS) is 17.8. The number of carboxylic acids is 1. The lowest BCUT2D eigenvalue weighted by atomic mass is 9.75. The molecule has 1 N–H and O–H groups in total. The van der Waals surface area contributed by atoms with Crippen LogP contribution < -0.4 is 4.74 Å². The summed E-state index contributed by atoms with van der Waals surface area (Å²) < 4.78 is 63.3. The summed E-state index contributed by atoms with van der Waals surface area (Å²) in [5, 5.41) is 9.30. The van der Waals surface area contributed by atoms with Crippen LogP contribution in [0.3, 0.4) is 0 Å². The van der Waals surface area contributed by atoms with E-state index in [9.17, 15) is 23.1 Å². The summed E-state index contributed by atoms with van der Waals surface area (Å²) in [6.07, 6.45) is 1.45. The summed E-state index contributed by atoms with van der Waals surface area (Å²) in [5.74, 6) is -2.08. The third-order valence-corrected chi connectivity index (χ3v) is 8.22. The first-order valence-corrected chi connectivity index (χ1v) is 13.6. The molecule has 2 aliphatic carbocycles. The van der Waals surface area contributed by atoms with Crippen molar-refractivity contribution in [1.29, 1.82) is 0 Å². The van der Waals surface area contributed by atoms with Gasteiger partial charge in [-0.1, -0.05) is 62.2 Å². The molecule has 2 fully saturated rings. The molecule has 0 aromatic heterocycles. The van der Waals surface area contributed by atoms with Gasteiger partial charge in [0, 0.05) is 16.7 Å². The number of allylic oxidation sites excluding steroid dienone is 1. The Labute approximate surface area is 231 Å². The van der Waals surface area contributed by atoms with E-state index < -0.39 is 24.0 Å². The Hall–Kier alpha value is -3.61. The molecule has 2 aliphatic rings. The fraction of sp³-hybridized carbons (Fsp3) is 0.364. The maximum atomic E-state index is 15.5. The smallest absolute Gasteiger partial charge is 0.307 e. The zero-order valence-electron chi connectivity index (χ0n) is 22.6. The summed E-state index contributed by atoms with van der Waals surface area (Å²) in [6.45, 7) is 4.35. The lowest BCUT2D eigenvalue weighted by Crippen LogP contribution is -2.17. The number of halogens is 4. The van der Waals surface area contributed by atoms with Crippen molar-refractivity contribution >= 4 is 11.5 Å². The molecule has 0 spiro atoms. The zero-order chi connectivity index (χ0) is 28.6.